The van der Waals surface area contributed by atoms with Crippen LogP contribution in [0.5, 0.6) is 0 Å². The van der Waals surface area contributed by atoms with Gasteiger partial charge in [0.2, 0.25) is 5.91 Å². The predicted octanol–water partition coefficient (Wildman–Crippen LogP) is 0.197. The summed E-state index contributed by atoms with van der Waals surface area (Å²) in [6.07, 6.45) is -0.831. The van der Waals surface area contributed by atoms with Gasteiger partial charge in [0.1, 0.15) is 5.54 Å². The van der Waals surface area contributed by atoms with Crippen LogP contribution >= 0.6 is 50.3 Å². The van der Waals surface area contributed by atoms with Crippen LogP contribution < -0.4 is 5.32 Å². The highest BCUT2D eigenvalue weighted by atomic mass is 35.5. The highest BCUT2D eigenvalue weighted by Gasteiger charge is 2.37. The maximum absolute atomic E-state index is 13.3. The van der Waals surface area contributed by atoms with E-state index in [1.54, 1.807) is 0 Å². The fraction of sp³-hybridized carbons (Fsp3) is 0.800. The van der Waals surface area contributed by atoms with Gasteiger partial charge in [0.25, 0.3) is 0 Å². The summed E-state index contributed by atoms with van der Waals surface area (Å²) in [5.41, 5.74) is -1.35. The van der Waals surface area contributed by atoms with Gasteiger partial charge in [0, 0.05) is 30.3 Å². The molecule has 16 heteroatoms. The first-order valence-corrected chi connectivity index (χ1v) is 12.8. The average Bonchev–Trinajstić information content (AvgIpc) is 2.77. The smallest absolute Gasteiger partial charge is 0.305 e. The van der Waals surface area contributed by atoms with Gasteiger partial charge in [0.05, 0.1) is 64.9 Å². The van der Waals surface area contributed by atoms with Crippen LogP contribution in [-0.4, -0.2) is 126 Å². The lowest BCUT2D eigenvalue weighted by Gasteiger charge is -2.37. The number of amides is 1. The molecule has 36 heavy (non-hydrogen) atoms. The van der Waals surface area contributed by atoms with Gasteiger partial charge in [-0.3, -0.25) is 24.1 Å². The normalized spacial score (nSPS) is 12.1. The lowest BCUT2D eigenvalue weighted by molar-refractivity contribution is -0.140. The minimum atomic E-state index is -1.35. The van der Waals surface area contributed by atoms with E-state index < -0.39 is 35.4 Å². The van der Waals surface area contributed by atoms with E-state index in [9.17, 15) is 19.2 Å². The third-order valence-corrected chi connectivity index (χ3v) is 5.34. The molecule has 0 saturated heterocycles. The van der Waals surface area contributed by atoms with Gasteiger partial charge in [-0.2, -0.15) is 37.9 Å². The van der Waals surface area contributed by atoms with E-state index in [4.69, 9.17) is 29.5 Å². The van der Waals surface area contributed by atoms with Crippen molar-refractivity contribution in [2.24, 2.45) is 0 Å². The van der Waals surface area contributed by atoms with Crippen LogP contribution in [-0.2, 0) is 33.4 Å². The maximum Gasteiger partial charge on any atom is 0.305 e. The summed E-state index contributed by atoms with van der Waals surface area (Å²) in [6, 6.07) is -0.672. The molecular weight excluding hydrogens is 560 g/mol. The average molecular weight is 597 g/mol. The summed E-state index contributed by atoms with van der Waals surface area (Å²) in [5, 5.41) is 29.5. The quantitative estimate of drug-likeness (QED) is 0.0634. The summed E-state index contributed by atoms with van der Waals surface area (Å²) < 4.78 is 16.5. The molecule has 0 saturated carbocycles. The zero-order valence-electron chi connectivity index (χ0n) is 19.9. The van der Waals surface area contributed by atoms with Gasteiger partial charge in [-0.05, 0) is 0 Å². The van der Waals surface area contributed by atoms with Crippen LogP contribution in [0.15, 0.2) is 0 Å². The Morgan fingerprint density at radius 1 is 0.750 bits per heavy atom. The van der Waals surface area contributed by atoms with Gasteiger partial charge in [-0.15, -0.1) is 12.4 Å². The summed E-state index contributed by atoms with van der Waals surface area (Å²) >= 11 is 12.8. The van der Waals surface area contributed by atoms with Crippen LogP contribution in [0.1, 0.15) is 19.3 Å². The molecule has 0 aromatic rings. The van der Waals surface area contributed by atoms with E-state index in [2.05, 4.69) is 43.2 Å². The van der Waals surface area contributed by atoms with Crippen molar-refractivity contribution in [3.05, 3.63) is 0 Å². The second kappa shape index (κ2) is 22.1. The lowest BCUT2D eigenvalue weighted by Crippen LogP contribution is -2.63. The van der Waals surface area contributed by atoms with Crippen LogP contribution in [0, 0.1) is 0 Å². The highest BCUT2D eigenvalue weighted by Crippen LogP contribution is 2.13. The first-order chi connectivity index (χ1) is 16.6. The molecule has 0 rings (SSSR count). The van der Waals surface area contributed by atoms with Crippen LogP contribution in [0.3, 0.4) is 0 Å². The molecule has 0 aromatic carbocycles. The van der Waals surface area contributed by atoms with Crippen molar-refractivity contribution in [3.63, 3.8) is 0 Å². The molecule has 4 N–H and O–H groups in total. The maximum atomic E-state index is 13.3. The van der Waals surface area contributed by atoms with Gasteiger partial charge in [0.15, 0.2) is 0 Å². The van der Waals surface area contributed by atoms with Crippen molar-refractivity contribution >= 4 is 74.1 Å². The van der Waals surface area contributed by atoms with Crippen LogP contribution in [0.4, 0.5) is 0 Å². The molecule has 1 unspecified atom stereocenters. The van der Waals surface area contributed by atoms with Crippen molar-refractivity contribution in [1.29, 1.82) is 0 Å². The molecule has 0 aliphatic carbocycles. The third kappa shape index (κ3) is 17.5. The Kier molecular flexibility index (Phi) is 22.8. The Labute approximate surface area is 233 Å². The number of ether oxygens (including phenoxy) is 3. The van der Waals surface area contributed by atoms with Crippen molar-refractivity contribution < 1.29 is 48.7 Å². The van der Waals surface area contributed by atoms with Gasteiger partial charge < -0.3 is 34.8 Å². The number of carboxylic acid groups (broad SMARTS) is 3. The number of hydrogen-bond donors (Lipinski definition) is 7. The van der Waals surface area contributed by atoms with Gasteiger partial charge in [-0.25, -0.2) is 0 Å². The van der Waals surface area contributed by atoms with E-state index >= 15 is 0 Å². The fourth-order valence-electron chi connectivity index (χ4n) is 2.90. The molecule has 0 aliphatic rings. The molecular formula is C20H37ClN2O10S3. The second-order valence-corrected chi connectivity index (χ2v) is 8.80. The number of hydrogen-bond acceptors (Lipinski definition) is 11. The van der Waals surface area contributed by atoms with Crippen molar-refractivity contribution in [2.75, 3.05) is 70.0 Å². The molecule has 0 bridgehead atoms. The van der Waals surface area contributed by atoms with Gasteiger partial charge in [-0.1, -0.05) is 0 Å². The Hall–Kier alpha value is -0.940. The number of halogens is 1. The third-order valence-electron chi connectivity index (χ3n) is 4.60. The summed E-state index contributed by atoms with van der Waals surface area (Å²) in [6.45, 7) is -0.126. The van der Waals surface area contributed by atoms with Gasteiger partial charge >= 0.3 is 17.9 Å². The lowest BCUT2D eigenvalue weighted by atomic mass is 10.0. The number of nitrogens with one attached hydrogen (secondary N) is 1. The van der Waals surface area contributed by atoms with E-state index in [0.29, 0.717) is 24.6 Å². The minimum Gasteiger partial charge on any atom is -0.481 e. The second-order valence-electron chi connectivity index (χ2n) is 7.54. The zero-order valence-corrected chi connectivity index (χ0v) is 23.4. The van der Waals surface area contributed by atoms with Crippen LogP contribution in [0.2, 0.25) is 0 Å². The monoisotopic (exact) mass is 596 g/mol. The summed E-state index contributed by atoms with van der Waals surface area (Å²) in [5.74, 6) is -2.49. The first-order valence-electron chi connectivity index (χ1n) is 10.9. The molecule has 0 fully saturated rings. The largest absolute Gasteiger partial charge is 0.481 e. The predicted molar refractivity (Wildman–Crippen MR) is 144 cm³/mol. The molecule has 0 spiro atoms. The van der Waals surface area contributed by atoms with Crippen molar-refractivity contribution in [3.8, 4) is 0 Å². The molecule has 0 radical (unpaired) electrons. The fourth-order valence-corrected chi connectivity index (χ4v) is 3.81. The van der Waals surface area contributed by atoms with Crippen molar-refractivity contribution in [1.82, 2.24) is 10.2 Å². The van der Waals surface area contributed by atoms with Crippen LogP contribution in [0.25, 0.3) is 0 Å². The molecule has 0 heterocycles. The number of carbonyl (C=O) groups excluding carboxylic acids is 1. The number of nitrogens with zero attached hydrogens (tertiary/aromatic N) is 1. The van der Waals surface area contributed by atoms with E-state index in [0.717, 1.165) is 0 Å². The van der Waals surface area contributed by atoms with Crippen molar-refractivity contribution in [2.45, 2.75) is 30.8 Å². The first kappa shape index (κ1) is 37.2. The number of carboxylic acids is 3. The molecule has 1 amide bonds. The number of thiol groups is 3. The molecule has 1 atom stereocenters. The van der Waals surface area contributed by atoms with E-state index in [1.165, 1.54) is 0 Å². The Balaban J connectivity index is 0. The number of aliphatic carboxylic acids is 3. The summed E-state index contributed by atoms with van der Waals surface area (Å²) in [4.78, 5) is 47.7. The molecule has 212 valence electrons. The SMILES string of the molecule is Cl.O=C(O)CCOCC(COCCC(=O)O)(COCCC(=O)O)NC(=O)C(CS)N(CCS)CCS. The minimum absolute atomic E-state index is 0. The number of rotatable bonds is 23. The molecule has 0 aliphatic heterocycles. The zero-order chi connectivity index (χ0) is 26.7. The van der Waals surface area contributed by atoms with E-state index in [1.807, 2.05) is 4.90 Å². The Morgan fingerprint density at radius 3 is 1.39 bits per heavy atom. The summed E-state index contributed by atoms with van der Waals surface area (Å²) in [7, 11) is 0. The highest BCUT2D eigenvalue weighted by molar-refractivity contribution is 7.80. The Bertz CT molecular complexity index is 602. The number of carbonyl (C=O) groups is 4. The standard InChI is InChI=1S/C20H36N2O10S3.ClH/c23-16(24)1-6-30-12-20(13-31-7-2-17(25)26,14-32-8-3-18(27)28)21-19(29)15(11-35)22(4-9-33)5-10-34;/h15,33-35H,1-14H2,(H,21,29)(H,23,24)(H,25,26)(H,27,28);1H. The Morgan fingerprint density at radius 2 is 1.11 bits per heavy atom. The molecule has 0 aromatic heterocycles. The molecule has 12 nitrogen and oxygen atoms in total. The topological polar surface area (TPSA) is 172 Å². The van der Waals surface area contributed by atoms with E-state index in [-0.39, 0.29) is 77.1 Å².